The van der Waals surface area contributed by atoms with E-state index < -0.39 is 15.9 Å². The van der Waals surface area contributed by atoms with Gasteiger partial charge in [-0.15, -0.1) is 0 Å². The lowest BCUT2D eigenvalue weighted by molar-refractivity contribution is -0.133. The summed E-state index contributed by atoms with van der Waals surface area (Å²) in [6.45, 7) is 2.03. The van der Waals surface area contributed by atoms with Crippen molar-refractivity contribution in [2.24, 2.45) is 0 Å². The molecule has 1 aromatic carbocycles. The van der Waals surface area contributed by atoms with Gasteiger partial charge in [0.2, 0.25) is 5.91 Å². The topological polar surface area (TPSA) is 72.5 Å². The number of ether oxygens (including phenoxy) is 1. The molecule has 110 valence electrons. The lowest BCUT2D eigenvalue weighted by atomic mass is 10.2. The van der Waals surface area contributed by atoms with E-state index in [-0.39, 0.29) is 23.5 Å². The van der Waals surface area contributed by atoms with Gasteiger partial charge >= 0.3 is 0 Å². The second-order valence-corrected chi connectivity index (χ2v) is 7.28. The molecule has 0 aromatic heterocycles. The van der Waals surface area contributed by atoms with E-state index >= 15 is 0 Å². The second-order valence-electron chi connectivity index (χ2n) is 5.05. The van der Waals surface area contributed by atoms with Crippen molar-refractivity contribution in [2.75, 3.05) is 11.5 Å². The van der Waals surface area contributed by atoms with Crippen LogP contribution in [0, 0.1) is 0 Å². The molecule has 6 heteroatoms. The van der Waals surface area contributed by atoms with Crippen LogP contribution < -0.4 is 5.32 Å². The van der Waals surface area contributed by atoms with Gasteiger partial charge in [0.05, 0.1) is 18.1 Å². The standard InChI is InChI=1S/C14H19NO4S/c1-11(19-9-12-5-3-2-4-6-12)14(16)15-13-7-8-20(17,18)10-13/h2-6,11,13H,7-10H2,1H3,(H,15,16)/t11-,13-/m1/s1. The number of carbonyl (C=O) groups excluding carboxylic acids is 1. The second kappa shape index (κ2) is 6.37. The first kappa shape index (κ1) is 15.0. The van der Waals surface area contributed by atoms with Gasteiger partial charge in [-0.1, -0.05) is 30.3 Å². The fraction of sp³-hybridized carbons (Fsp3) is 0.500. The zero-order valence-corrected chi connectivity index (χ0v) is 12.2. The summed E-state index contributed by atoms with van der Waals surface area (Å²) in [5.41, 5.74) is 0.996. The largest absolute Gasteiger partial charge is 0.364 e. The number of hydrogen-bond acceptors (Lipinski definition) is 4. The summed E-state index contributed by atoms with van der Waals surface area (Å²) in [6.07, 6.45) is -0.113. The molecule has 2 rings (SSSR count). The number of nitrogens with one attached hydrogen (secondary N) is 1. The highest BCUT2D eigenvalue weighted by Gasteiger charge is 2.30. The molecule has 1 aromatic rings. The molecule has 1 fully saturated rings. The highest BCUT2D eigenvalue weighted by atomic mass is 32.2. The zero-order valence-electron chi connectivity index (χ0n) is 11.4. The number of rotatable bonds is 5. The SMILES string of the molecule is C[C@@H](OCc1ccccc1)C(=O)N[C@@H]1CCS(=O)(=O)C1. The van der Waals surface area contributed by atoms with Gasteiger partial charge in [-0.2, -0.15) is 0 Å². The lowest BCUT2D eigenvalue weighted by Crippen LogP contribution is -2.41. The molecule has 0 unspecified atom stereocenters. The molecular weight excluding hydrogens is 278 g/mol. The van der Waals surface area contributed by atoms with Crippen molar-refractivity contribution in [2.45, 2.75) is 32.1 Å². The molecule has 1 N–H and O–H groups in total. The van der Waals surface area contributed by atoms with Gasteiger partial charge < -0.3 is 10.1 Å². The minimum absolute atomic E-state index is 0.0319. The summed E-state index contributed by atoms with van der Waals surface area (Å²) < 4.78 is 28.1. The Labute approximate surface area is 119 Å². The van der Waals surface area contributed by atoms with Gasteiger partial charge in [-0.25, -0.2) is 8.42 Å². The van der Waals surface area contributed by atoms with Crippen LogP contribution in [0.2, 0.25) is 0 Å². The minimum Gasteiger partial charge on any atom is -0.364 e. The summed E-state index contributed by atoms with van der Waals surface area (Å²) in [5, 5.41) is 2.73. The Kier molecular flexibility index (Phi) is 4.77. The van der Waals surface area contributed by atoms with Crippen molar-refractivity contribution in [3.05, 3.63) is 35.9 Å². The number of benzene rings is 1. The summed E-state index contributed by atoms with van der Waals surface area (Å²) in [5.74, 6) is -0.0792. The van der Waals surface area contributed by atoms with E-state index in [0.29, 0.717) is 13.0 Å². The molecule has 20 heavy (non-hydrogen) atoms. The molecule has 1 saturated heterocycles. The Bertz CT molecular complexity index is 556. The van der Waals surface area contributed by atoms with Crippen LogP contribution in [0.15, 0.2) is 30.3 Å². The Morgan fingerprint density at radius 1 is 1.40 bits per heavy atom. The maximum absolute atomic E-state index is 11.9. The van der Waals surface area contributed by atoms with Gasteiger partial charge in [-0.05, 0) is 18.9 Å². The smallest absolute Gasteiger partial charge is 0.249 e. The Hall–Kier alpha value is -1.40. The predicted octanol–water partition coefficient (Wildman–Crippen LogP) is 0.895. The van der Waals surface area contributed by atoms with Crippen LogP contribution >= 0.6 is 0 Å². The molecule has 1 aliphatic rings. The molecule has 0 aliphatic carbocycles. The van der Waals surface area contributed by atoms with Crippen molar-refractivity contribution < 1.29 is 17.9 Å². The average Bonchev–Trinajstić information content (AvgIpc) is 2.76. The predicted molar refractivity (Wildman–Crippen MR) is 75.9 cm³/mol. The summed E-state index contributed by atoms with van der Waals surface area (Å²) >= 11 is 0. The zero-order chi connectivity index (χ0) is 14.6. The third kappa shape index (κ3) is 4.31. The first-order chi connectivity index (χ1) is 9.46. The Morgan fingerprint density at radius 3 is 2.70 bits per heavy atom. The molecule has 5 nitrogen and oxygen atoms in total. The van der Waals surface area contributed by atoms with E-state index in [1.54, 1.807) is 6.92 Å². The minimum atomic E-state index is -2.98. The highest BCUT2D eigenvalue weighted by molar-refractivity contribution is 7.91. The summed E-state index contributed by atoms with van der Waals surface area (Å²) in [7, 11) is -2.98. The van der Waals surface area contributed by atoms with Gasteiger partial charge in [0.1, 0.15) is 6.10 Å². The summed E-state index contributed by atoms with van der Waals surface area (Å²) in [4.78, 5) is 11.9. The van der Waals surface area contributed by atoms with E-state index in [2.05, 4.69) is 5.32 Å². The number of amides is 1. The van der Waals surface area contributed by atoms with E-state index in [4.69, 9.17) is 4.74 Å². The van der Waals surface area contributed by atoms with E-state index in [1.165, 1.54) is 0 Å². The van der Waals surface area contributed by atoms with E-state index in [0.717, 1.165) is 5.56 Å². The van der Waals surface area contributed by atoms with Crippen LogP contribution in [0.5, 0.6) is 0 Å². The molecule has 0 saturated carbocycles. The van der Waals surface area contributed by atoms with Crippen LogP contribution in [0.4, 0.5) is 0 Å². The fourth-order valence-corrected chi connectivity index (χ4v) is 3.77. The molecule has 1 aliphatic heterocycles. The van der Waals surface area contributed by atoms with Gasteiger partial charge in [0, 0.05) is 6.04 Å². The first-order valence-corrected chi connectivity index (χ1v) is 8.45. The monoisotopic (exact) mass is 297 g/mol. The van der Waals surface area contributed by atoms with Gasteiger partial charge in [0.25, 0.3) is 0 Å². The highest BCUT2D eigenvalue weighted by Crippen LogP contribution is 2.12. The van der Waals surface area contributed by atoms with Crippen LogP contribution in [0.1, 0.15) is 18.9 Å². The molecule has 0 spiro atoms. The van der Waals surface area contributed by atoms with E-state index in [1.807, 2.05) is 30.3 Å². The Balaban J connectivity index is 1.78. The molecular formula is C14H19NO4S. The molecule has 2 atom stereocenters. The fourth-order valence-electron chi connectivity index (χ4n) is 2.10. The first-order valence-electron chi connectivity index (χ1n) is 6.62. The number of sulfone groups is 1. The van der Waals surface area contributed by atoms with Gasteiger partial charge in [0.15, 0.2) is 9.84 Å². The normalized spacial score (nSPS) is 22.4. The van der Waals surface area contributed by atoms with Crippen molar-refractivity contribution in [1.82, 2.24) is 5.32 Å². The number of hydrogen-bond donors (Lipinski definition) is 1. The van der Waals surface area contributed by atoms with Crippen LogP contribution in [-0.2, 0) is 26.0 Å². The van der Waals surface area contributed by atoms with Crippen molar-refractivity contribution >= 4 is 15.7 Å². The summed E-state index contributed by atoms with van der Waals surface area (Å²) in [6, 6.07) is 9.30. The molecule has 1 heterocycles. The third-order valence-corrected chi connectivity index (χ3v) is 5.06. The molecule has 1 amide bonds. The molecule has 0 bridgehead atoms. The maximum atomic E-state index is 11.9. The lowest BCUT2D eigenvalue weighted by Gasteiger charge is -2.16. The van der Waals surface area contributed by atoms with Gasteiger partial charge in [-0.3, -0.25) is 4.79 Å². The average molecular weight is 297 g/mol. The third-order valence-electron chi connectivity index (χ3n) is 3.29. The molecule has 0 radical (unpaired) electrons. The van der Waals surface area contributed by atoms with Crippen LogP contribution in [0.25, 0.3) is 0 Å². The number of carbonyl (C=O) groups is 1. The quantitative estimate of drug-likeness (QED) is 0.876. The van der Waals surface area contributed by atoms with E-state index in [9.17, 15) is 13.2 Å². The van der Waals surface area contributed by atoms with Crippen molar-refractivity contribution in [3.8, 4) is 0 Å². The van der Waals surface area contributed by atoms with Crippen molar-refractivity contribution in [1.29, 1.82) is 0 Å². The maximum Gasteiger partial charge on any atom is 0.249 e. The van der Waals surface area contributed by atoms with Crippen molar-refractivity contribution in [3.63, 3.8) is 0 Å². The van der Waals surface area contributed by atoms with Crippen LogP contribution in [0.3, 0.4) is 0 Å². The Morgan fingerprint density at radius 2 is 2.10 bits per heavy atom. The van der Waals surface area contributed by atoms with Crippen LogP contribution in [-0.4, -0.2) is 38.0 Å².